The molecule has 2 N–H and O–H groups in total. The lowest BCUT2D eigenvalue weighted by molar-refractivity contribution is -0.384. The number of benzene rings is 1. The van der Waals surface area contributed by atoms with Crippen molar-refractivity contribution in [3.05, 3.63) is 62.3 Å². The molecule has 0 unspecified atom stereocenters. The normalized spacial score (nSPS) is 10.7. The molecule has 0 aliphatic heterocycles. The Bertz CT molecular complexity index is 614. The Morgan fingerprint density at radius 2 is 1.91 bits per heavy atom. The van der Waals surface area contributed by atoms with E-state index in [4.69, 9.17) is 0 Å². The number of guanidine groups is 1. The molecule has 1 aromatic carbocycles. The highest BCUT2D eigenvalue weighted by Crippen LogP contribution is 2.11. The first-order valence-electron chi connectivity index (χ1n) is 6.39. The highest BCUT2D eigenvalue weighted by atomic mass is 127. The Balaban J connectivity index is 0.00000242. The maximum atomic E-state index is 10.6. The average molecular weight is 432 g/mol. The standard InChI is InChI=1S/C14H16N4O2S.HI/c1-15-14(17-10-13-3-2-8-21-13)16-9-11-4-6-12(7-5-11)18(19)20;/h2-8H,9-10H2,1H3,(H2,15,16,17);1H. The van der Waals surface area contributed by atoms with Crippen LogP contribution in [0.4, 0.5) is 5.69 Å². The third-order valence-electron chi connectivity index (χ3n) is 2.84. The Kier molecular flexibility index (Phi) is 7.82. The lowest BCUT2D eigenvalue weighted by atomic mass is 10.2. The molecule has 0 saturated heterocycles. The van der Waals surface area contributed by atoms with E-state index in [2.05, 4.69) is 21.7 Å². The minimum absolute atomic E-state index is 0. The zero-order chi connectivity index (χ0) is 15.1. The number of aliphatic imine (C=N–C) groups is 1. The van der Waals surface area contributed by atoms with Gasteiger partial charge in [-0.1, -0.05) is 18.2 Å². The van der Waals surface area contributed by atoms with E-state index in [0.717, 1.165) is 12.1 Å². The summed E-state index contributed by atoms with van der Waals surface area (Å²) in [7, 11) is 1.71. The molecule has 1 heterocycles. The number of nitro benzene ring substituents is 1. The van der Waals surface area contributed by atoms with Gasteiger partial charge in [-0.25, -0.2) is 0 Å². The van der Waals surface area contributed by atoms with Crippen LogP contribution in [0.5, 0.6) is 0 Å². The van der Waals surface area contributed by atoms with Crippen molar-refractivity contribution < 1.29 is 4.92 Å². The third-order valence-corrected chi connectivity index (χ3v) is 3.72. The van der Waals surface area contributed by atoms with Gasteiger partial charge in [-0.05, 0) is 17.0 Å². The van der Waals surface area contributed by atoms with Gasteiger partial charge >= 0.3 is 0 Å². The van der Waals surface area contributed by atoms with Gasteiger partial charge in [0.15, 0.2) is 5.96 Å². The Hall–Kier alpha value is -1.68. The Morgan fingerprint density at radius 3 is 2.45 bits per heavy atom. The van der Waals surface area contributed by atoms with E-state index in [1.165, 1.54) is 17.0 Å². The molecule has 22 heavy (non-hydrogen) atoms. The molecule has 0 aliphatic rings. The molecule has 2 aromatic rings. The lowest BCUT2D eigenvalue weighted by Crippen LogP contribution is -2.36. The second-order valence-electron chi connectivity index (χ2n) is 4.28. The molecule has 0 atom stereocenters. The van der Waals surface area contributed by atoms with Crippen molar-refractivity contribution in [2.45, 2.75) is 13.1 Å². The van der Waals surface area contributed by atoms with Crippen molar-refractivity contribution in [1.29, 1.82) is 0 Å². The predicted molar refractivity (Wildman–Crippen MR) is 99.9 cm³/mol. The van der Waals surface area contributed by atoms with Crippen LogP contribution in [-0.2, 0) is 13.1 Å². The van der Waals surface area contributed by atoms with Crippen molar-refractivity contribution in [3.8, 4) is 0 Å². The van der Waals surface area contributed by atoms with Crippen LogP contribution >= 0.6 is 35.3 Å². The van der Waals surface area contributed by atoms with Gasteiger partial charge in [0.25, 0.3) is 5.69 Å². The summed E-state index contributed by atoms with van der Waals surface area (Å²) in [5.41, 5.74) is 1.05. The molecule has 6 nitrogen and oxygen atoms in total. The molecule has 0 amide bonds. The number of thiophene rings is 1. The van der Waals surface area contributed by atoms with Crippen LogP contribution in [-0.4, -0.2) is 17.9 Å². The summed E-state index contributed by atoms with van der Waals surface area (Å²) in [6, 6.07) is 10.5. The zero-order valence-corrected chi connectivity index (χ0v) is 15.1. The molecule has 8 heteroatoms. The molecule has 1 aromatic heterocycles. The van der Waals surface area contributed by atoms with Gasteiger partial charge in [-0.3, -0.25) is 15.1 Å². The first-order chi connectivity index (χ1) is 10.2. The van der Waals surface area contributed by atoms with Crippen molar-refractivity contribution in [2.24, 2.45) is 4.99 Å². The highest BCUT2D eigenvalue weighted by Gasteiger charge is 2.04. The Morgan fingerprint density at radius 1 is 1.23 bits per heavy atom. The molecule has 0 radical (unpaired) electrons. The summed E-state index contributed by atoms with van der Waals surface area (Å²) < 4.78 is 0. The zero-order valence-electron chi connectivity index (χ0n) is 12.0. The summed E-state index contributed by atoms with van der Waals surface area (Å²) in [4.78, 5) is 15.5. The minimum Gasteiger partial charge on any atom is -0.352 e. The largest absolute Gasteiger partial charge is 0.352 e. The van der Waals surface area contributed by atoms with Crippen LogP contribution in [0.25, 0.3) is 0 Å². The highest BCUT2D eigenvalue weighted by molar-refractivity contribution is 14.0. The van der Waals surface area contributed by atoms with Crippen LogP contribution in [0, 0.1) is 10.1 Å². The van der Waals surface area contributed by atoms with Crippen LogP contribution in [0.1, 0.15) is 10.4 Å². The second kappa shape index (κ2) is 9.36. The van der Waals surface area contributed by atoms with E-state index in [9.17, 15) is 10.1 Å². The molecule has 0 fully saturated rings. The summed E-state index contributed by atoms with van der Waals surface area (Å²) in [5, 5.41) is 19.0. The first-order valence-corrected chi connectivity index (χ1v) is 7.27. The summed E-state index contributed by atoms with van der Waals surface area (Å²) in [5.74, 6) is 0.696. The van der Waals surface area contributed by atoms with Crippen LogP contribution in [0.3, 0.4) is 0 Å². The number of hydrogen-bond donors (Lipinski definition) is 2. The number of rotatable bonds is 5. The van der Waals surface area contributed by atoms with Crippen molar-refractivity contribution in [1.82, 2.24) is 10.6 Å². The molecular weight excluding hydrogens is 415 g/mol. The Labute approximate surface area is 149 Å². The molecule has 0 aliphatic carbocycles. The predicted octanol–water partition coefficient (Wildman–Crippen LogP) is 3.14. The molecule has 118 valence electrons. The van der Waals surface area contributed by atoms with Gasteiger partial charge in [0, 0.05) is 30.6 Å². The van der Waals surface area contributed by atoms with E-state index in [0.29, 0.717) is 12.5 Å². The van der Waals surface area contributed by atoms with E-state index in [-0.39, 0.29) is 29.7 Å². The number of halogens is 1. The fraction of sp³-hybridized carbons (Fsp3) is 0.214. The maximum absolute atomic E-state index is 10.6. The van der Waals surface area contributed by atoms with Crippen LogP contribution in [0.2, 0.25) is 0 Å². The van der Waals surface area contributed by atoms with Gasteiger partial charge in [0.1, 0.15) is 0 Å². The van der Waals surface area contributed by atoms with Crippen molar-refractivity contribution in [3.63, 3.8) is 0 Å². The first kappa shape index (κ1) is 18.4. The lowest BCUT2D eigenvalue weighted by Gasteiger charge is -2.11. The van der Waals surface area contributed by atoms with E-state index >= 15 is 0 Å². The van der Waals surface area contributed by atoms with Crippen molar-refractivity contribution >= 4 is 47.0 Å². The summed E-state index contributed by atoms with van der Waals surface area (Å²) in [6.45, 7) is 1.28. The molecule has 0 spiro atoms. The smallest absolute Gasteiger partial charge is 0.269 e. The second-order valence-corrected chi connectivity index (χ2v) is 5.31. The van der Waals surface area contributed by atoms with Gasteiger partial charge in [0.05, 0.1) is 11.5 Å². The SMILES string of the molecule is CN=C(NCc1ccc([N+](=O)[O-])cc1)NCc1cccs1.I. The van der Waals surface area contributed by atoms with Crippen LogP contribution in [0.15, 0.2) is 46.8 Å². The fourth-order valence-electron chi connectivity index (χ4n) is 1.73. The average Bonchev–Trinajstić information content (AvgIpc) is 3.01. The van der Waals surface area contributed by atoms with Gasteiger partial charge in [-0.15, -0.1) is 35.3 Å². The summed E-state index contributed by atoms with van der Waals surface area (Å²) in [6.07, 6.45) is 0. The number of nitrogens with zero attached hydrogens (tertiary/aromatic N) is 2. The number of nitro groups is 1. The number of non-ortho nitro benzene ring substituents is 1. The minimum atomic E-state index is -0.404. The van der Waals surface area contributed by atoms with Gasteiger partial charge < -0.3 is 10.6 Å². The van der Waals surface area contributed by atoms with Gasteiger partial charge in [0.2, 0.25) is 0 Å². The topological polar surface area (TPSA) is 79.6 Å². The number of nitrogens with one attached hydrogen (secondary N) is 2. The number of hydrogen-bond acceptors (Lipinski definition) is 4. The summed E-state index contributed by atoms with van der Waals surface area (Å²) >= 11 is 1.69. The fourth-order valence-corrected chi connectivity index (χ4v) is 2.37. The molecule has 0 bridgehead atoms. The molecular formula is C14H17IN4O2S. The maximum Gasteiger partial charge on any atom is 0.269 e. The van der Waals surface area contributed by atoms with E-state index < -0.39 is 4.92 Å². The quantitative estimate of drug-likeness (QED) is 0.250. The van der Waals surface area contributed by atoms with Crippen LogP contribution < -0.4 is 10.6 Å². The monoisotopic (exact) mass is 432 g/mol. The molecule has 2 rings (SSSR count). The molecule has 0 saturated carbocycles. The van der Waals surface area contributed by atoms with Crippen molar-refractivity contribution in [2.75, 3.05) is 7.05 Å². The van der Waals surface area contributed by atoms with E-state index in [1.54, 1.807) is 30.5 Å². The van der Waals surface area contributed by atoms with E-state index in [1.807, 2.05) is 11.4 Å². The van der Waals surface area contributed by atoms with Gasteiger partial charge in [-0.2, -0.15) is 0 Å². The third kappa shape index (κ3) is 5.60.